The van der Waals surface area contributed by atoms with Gasteiger partial charge in [-0.25, -0.2) is 4.39 Å². The maximum absolute atomic E-state index is 13.5. The lowest BCUT2D eigenvalue weighted by atomic mass is 10.2. The third kappa shape index (κ3) is 4.18. The van der Waals surface area contributed by atoms with Crippen LogP contribution in [-0.2, 0) is 11.3 Å². The van der Waals surface area contributed by atoms with Crippen LogP contribution in [0.2, 0.25) is 0 Å². The van der Waals surface area contributed by atoms with Crippen LogP contribution >= 0.6 is 11.6 Å². The van der Waals surface area contributed by atoms with Crippen LogP contribution in [0.25, 0.3) is 0 Å². The number of benzene rings is 1. The Kier molecular flexibility index (Phi) is 5.92. The fourth-order valence-corrected chi connectivity index (χ4v) is 1.71. The third-order valence-corrected chi connectivity index (χ3v) is 2.85. The van der Waals surface area contributed by atoms with E-state index in [-0.39, 0.29) is 11.7 Å². The first-order valence-corrected chi connectivity index (χ1v) is 6.24. The van der Waals surface area contributed by atoms with Crippen LogP contribution in [0.15, 0.2) is 18.2 Å². The summed E-state index contributed by atoms with van der Waals surface area (Å²) < 4.78 is 18.3. The molecular weight excluding hydrogens is 257 g/mol. The Morgan fingerprint density at radius 3 is 2.78 bits per heavy atom. The molecule has 0 N–H and O–H groups in total. The zero-order chi connectivity index (χ0) is 13.5. The van der Waals surface area contributed by atoms with Crippen molar-refractivity contribution in [1.82, 2.24) is 4.90 Å². The smallest absolute Gasteiger partial charge is 0.222 e. The first kappa shape index (κ1) is 14.8. The summed E-state index contributed by atoms with van der Waals surface area (Å²) in [6.45, 7) is 0.377. The highest BCUT2D eigenvalue weighted by Crippen LogP contribution is 2.18. The molecule has 0 aliphatic rings. The average Bonchev–Trinajstić information content (AvgIpc) is 2.36. The highest BCUT2D eigenvalue weighted by Gasteiger charge is 2.10. The fraction of sp³-hybridized carbons (Fsp3) is 0.462. The SMILES string of the molecule is COc1ccc(CN(C)C(=O)CCCCl)cc1F. The van der Waals surface area contributed by atoms with E-state index in [2.05, 4.69) is 0 Å². The highest BCUT2D eigenvalue weighted by atomic mass is 35.5. The minimum Gasteiger partial charge on any atom is -0.494 e. The molecule has 5 heteroatoms. The van der Waals surface area contributed by atoms with Gasteiger partial charge in [0.1, 0.15) is 0 Å². The molecule has 0 unspecified atom stereocenters. The second-order valence-corrected chi connectivity index (χ2v) is 4.39. The molecule has 0 fully saturated rings. The first-order chi connectivity index (χ1) is 8.58. The van der Waals surface area contributed by atoms with Gasteiger partial charge in [0.15, 0.2) is 11.6 Å². The first-order valence-electron chi connectivity index (χ1n) is 5.70. The van der Waals surface area contributed by atoms with Crippen LogP contribution in [0.3, 0.4) is 0 Å². The Morgan fingerprint density at radius 1 is 1.50 bits per heavy atom. The van der Waals surface area contributed by atoms with Gasteiger partial charge in [-0.1, -0.05) is 6.07 Å². The van der Waals surface area contributed by atoms with E-state index in [1.165, 1.54) is 13.2 Å². The molecular formula is C13H17ClFNO2. The number of amides is 1. The number of nitrogens with zero attached hydrogens (tertiary/aromatic N) is 1. The number of methoxy groups -OCH3 is 1. The number of alkyl halides is 1. The van der Waals surface area contributed by atoms with Crippen molar-refractivity contribution in [2.75, 3.05) is 20.0 Å². The van der Waals surface area contributed by atoms with E-state index < -0.39 is 5.82 Å². The molecule has 0 aliphatic heterocycles. The molecule has 0 bridgehead atoms. The van der Waals surface area contributed by atoms with Gasteiger partial charge in [0.05, 0.1) is 7.11 Å². The molecule has 1 amide bonds. The summed E-state index contributed by atoms with van der Waals surface area (Å²) in [4.78, 5) is 13.2. The minimum atomic E-state index is -0.420. The Labute approximate surface area is 111 Å². The lowest BCUT2D eigenvalue weighted by Gasteiger charge is -2.17. The molecule has 1 aromatic carbocycles. The van der Waals surface area contributed by atoms with E-state index in [4.69, 9.17) is 16.3 Å². The maximum atomic E-state index is 13.5. The van der Waals surface area contributed by atoms with Gasteiger partial charge in [-0.15, -0.1) is 11.6 Å². The molecule has 0 aromatic heterocycles. The Morgan fingerprint density at radius 2 is 2.22 bits per heavy atom. The van der Waals surface area contributed by atoms with Crippen molar-refractivity contribution >= 4 is 17.5 Å². The topological polar surface area (TPSA) is 29.5 Å². The largest absolute Gasteiger partial charge is 0.494 e. The van der Waals surface area contributed by atoms with Gasteiger partial charge in [-0.05, 0) is 24.1 Å². The molecule has 0 atom stereocenters. The summed E-state index contributed by atoms with van der Waals surface area (Å²) >= 11 is 5.53. The normalized spacial score (nSPS) is 10.2. The monoisotopic (exact) mass is 273 g/mol. The molecule has 0 saturated carbocycles. The maximum Gasteiger partial charge on any atom is 0.222 e. The van der Waals surface area contributed by atoms with Crippen molar-refractivity contribution < 1.29 is 13.9 Å². The summed E-state index contributed by atoms with van der Waals surface area (Å²) in [6.07, 6.45) is 1.07. The minimum absolute atomic E-state index is 0.00637. The van der Waals surface area contributed by atoms with Crippen molar-refractivity contribution in [3.05, 3.63) is 29.6 Å². The van der Waals surface area contributed by atoms with E-state index >= 15 is 0 Å². The summed E-state index contributed by atoms with van der Waals surface area (Å²) in [6, 6.07) is 4.68. The van der Waals surface area contributed by atoms with Gasteiger partial charge in [0.2, 0.25) is 5.91 Å². The summed E-state index contributed by atoms with van der Waals surface area (Å²) in [7, 11) is 3.11. The molecule has 18 heavy (non-hydrogen) atoms. The van der Waals surface area contributed by atoms with E-state index in [0.29, 0.717) is 25.3 Å². The predicted molar refractivity (Wildman–Crippen MR) is 69.4 cm³/mol. The highest BCUT2D eigenvalue weighted by molar-refractivity contribution is 6.17. The molecule has 0 saturated heterocycles. The van der Waals surface area contributed by atoms with Gasteiger partial charge in [-0.2, -0.15) is 0 Å². The van der Waals surface area contributed by atoms with E-state index in [0.717, 1.165) is 5.56 Å². The third-order valence-electron chi connectivity index (χ3n) is 2.59. The van der Waals surface area contributed by atoms with Crippen molar-refractivity contribution in [3.63, 3.8) is 0 Å². The van der Waals surface area contributed by atoms with Gasteiger partial charge in [0.25, 0.3) is 0 Å². The summed E-state index contributed by atoms with van der Waals surface area (Å²) in [5.74, 6) is 0.259. The van der Waals surface area contributed by atoms with E-state index in [1.54, 1.807) is 24.1 Å². The molecule has 3 nitrogen and oxygen atoms in total. The predicted octanol–water partition coefficient (Wildman–Crippen LogP) is 2.81. The summed E-state index contributed by atoms with van der Waals surface area (Å²) in [5, 5.41) is 0. The van der Waals surface area contributed by atoms with Gasteiger partial charge >= 0.3 is 0 Å². The molecule has 0 spiro atoms. The molecule has 0 radical (unpaired) electrons. The average molecular weight is 274 g/mol. The number of ether oxygens (including phenoxy) is 1. The van der Waals surface area contributed by atoms with Gasteiger partial charge in [0, 0.05) is 25.9 Å². The number of carbonyl (C=O) groups is 1. The second-order valence-electron chi connectivity index (χ2n) is 4.01. The van der Waals surface area contributed by atoms with Crippen LogP contribution in [0, 0.1) is 5.82 Å². The number of rotatable bonds is 6. The summed E-state index contributed by atoms with van der Waals surface area (Å²) in [5.41, 5.74) is 0.732. The lowest BCUT2D eigenvalue weighted by molar-refractivity contribution is -0.130. The van der Waals surface area contributed by atoms with Crippen LogP contribution in [-0.4, -0.2) is 30.8 Å². The standard InChI is InChI=1S/C13H17ClFNO2/c1-16(13(17)4-3-7-14)9-10-5-6-12(18-2)11(15)8-10/h5-6,8H,3-4,7,9H2,1-2H3. The van der Waals surface area contributed by atoms with E-state index in [1.807, 2.05) is 0 Å². The number of halogens is 2. The van der Waals surface area contributed by atoms with E-state index in [9.17, 15) is 9.18 Å². The fourth-order valence-electron chi connectivity index (χ4n) is 1.58. The molecule has 100 valence electrons. The molecule has 0 heterocycles. The zero-order valence-corrected chi connectivity index (χ0v) is 11.3. The second kappa shape index (κ2) is 7.21. The number of hydrogen-bond donors (Lipinski definition) is 0. The Bertz CT molecular complexity index is 412. The van der Waals surface area contributed by atoms with Crippen LogP contribution in [0.4, 0.5) is 4.39 Å². The molecule has 1 rings (SSSR count). The van der Waals surface area contributed by atoms with Crippen LogP contribution in [0.1, 0.15) is 18.4 Å². The number of hydrogen-bond acceptors (Lipinski definition) is 2. The van der Waals surface area contributed by atoms with Crippen molar-refractivity contribution in [2.24, 2.45) is 0 Å². The Balaban J connectivity index is 2.61. The lowest BCUT2D eigenvalue weighted by Crippen LogP contribution is -2.26. The van der Waals surface area contributed by atoms with Gasteiger partial charge in [-0.3, -0.25) is 4.79 Å². The Hall–Kier alpha value is -1.29. The molecule has 1 aromatic rings. The van der Waals surface area contributed by atoms with Crippen LogP contribution in [0.5, 0.6) is 5.75 Å². The zero-order valence-electron chi connectivity index (χ0n) is 10.6. The van der Waals surface area contributed by atoms with Crippen molar-refractivity contribution in [2.45, 2.75) is 19.4 Å². The number of carbonyl (C=O) groups excluding carboxylic acids is 1. The van der Waals surface area contributed by atoms with Crippen molar-refractivity contribution in [1.29, 1.82) is 0 Å². The van der Waals surface area contributed by atoms with Crippen molar-refractivity contribution in [3.8, 4) is 5.75 Å². The quantitative estimate of drug-likeness (QED) is 0.746. The van der Waals surface area contributed by atoms with Crippen LogP contribution < -0.4 is 4.74 Å². The molecule has 0 aliphatic carbocycles. The van der Waals surface area contributed by atoms with Gasteiger partial charge < -0.3 is 9.64 Å².